The highest BCUT2D eigenvalue weighted by Crippen LogP contribution is 1.94. The molecule has 3 nitrogen and oxygen atoms in total. The molecule has 0 saturated carbocycles. The molecule has 13 heavy (non-hydrogen) atoms. The summed E-state index contributed by atoms with van der Waals surface area (Å²) in [4.78, 5) is 14.8. The first-order valence-corrected chi connectivity index (χ1v) is 4.44. The third-order valence-corrected chi connectivity index (χ3v) is 1.79. The Balaban J connectivity index is 2.24. The van der Waals surface area contributed by atoms with Crippen molar-refractivity contribution in [2.75, 3.05) is 6.54 Å². The third-order valence-electron chi connectivity index (χ3n) is 1.79. The van der Waals surface area contributed by atoms with Gasteiger partial charge < -0.3 is 5.32 Å². The number of carbonyl (C=O) groups excluding carboxylic acids is 1. The average Bonchev–Trinajstić information content (AvgIpc) is 2.19. The molecule has 1 aromatic rings. The minimum Gasteiger partial charge on any atom is -0.306 e. The number of carbonyl (C=O) groups is 1. The summed E-state index contributed by atoms with van der Waals surface area (Å²) in [5.74, 6) is 0.244. The molecule has 0 spiro atoms. The minimum absolute atomic E-state index is 0.244. The molecule has 0 aliphatic heterocycles. The van der Waals surface area contributed by atoms with E-state index in [1.807, 2.05) is 19.1 Å². The van der Waals surface area contributed by atoms with Crippen LogP contribution in [-0.4, -0.2) is 17.3 Å². The maximum Gasteiger partial charge on any atom is 0.146 e. The van der Waals surface area contributed by atoms with Gasteiger partial charge in [0.15, 0.2) is 0 Å². The largest absolute Gasteiger partial charge is 0.306 e. The smallest absolute Gasteiger partial charge is 0.146 e. The molecule has 0 fully saturated rings. The monoisotopic (exact) mass is 178 g/mol. The number of ketones is 1. The number of rotatable bonds is 5. The van der Waals surface area contributed by atoms with Gasteiger partial charge in [-0.05, 0) is 17.7 Å². The molecule has 1 heterocycles. The zero-order chi connectivity index (χ0) is 9.52. The van der Waals surface area contributed by atoms with Crippen LogP contribution in [0.25, 0.3) is 0 Å². The number of nitrogens with one attached hydrogen (secondary N) is 1. The number of nitrogens with zero attached hydrogens (tertiary/aromatic N) is 1. The number of pyridine rings is 1. The van der Waals surface area contributed by atoms with Gasteiger partial charge in [0.25, 0.3) is 0 Å². The maximum atomic E-state index is 10.9. The molecule has 1 aromatic heterocycles. The Morgan fingerprint density at radius 2 is 2.15 bits per heavy atom. The average molecular weight is 178 g/mol. The molecule has 0 amide bonds. The van der Waals surface area contributed by atoms with Gasteiger partial charge in [0.2, 0.25) is 0 Å². The van der Waals surface area contributed by atoms with Crippen molar-refractivity contribution in [3.8, 4) is 0 Å². The molecular formula is C10H14N2O. The van der Waals surface area contributed by atoms with Crippen molar-refractivity contribution in [2.45, 2.75) is 19.9 Å². The quantitative estimate of drug-likeness (QED) is 0.735. The van der Waals surface area contributed by atoms with E-state index in [0.717, 1.165) is 12.1 Å². The Bertz CT molecular complexity index is 259. The first-order chi connectivity index (χ1) is 6.33. The van der Waals surface area contributed by atoms with Crippen molar-refractivity contribution in [2.24, 2.45) is 0 Å². The van der Waals surface area contributed by atoms with E-state index in [4.69, 9.17) is 0 Å². The molecule has 1 N–H and O–H groups in total. The van der Waals surface area contributed by atoms with Crippen LogP contribution >= 0.6 is 0 Å². The van der Waals surface area contributed by atoms with Crippen LogP contribution in [0.4, 0.5) is 0 Å². The summed E-state index contributed by atoms with van der Waals surface area (Å²) in [5.41, 5.74) is 1.15. The molecule has 0 atom stereocenters. The highest BCUT2D eigenvalue weighted by atomic mass is 16.1. The normalized spacial score (nSPS) is 9.92. The fourth-order valence-corrected chi connectivity index (χ4v) is 0.972. The minimum atomic E-state index is 0.244. The summed E-state index contributed by atoms with van der Waals surface area (Å²) < 4.78 is 0. The topological polar surface area (TPSA) is 42.0 Å². The Hall–Kier alpha value is -1.22. The van der Waals surface area contributed by atoms with Crippen molar-refractivity contribution < 1.29 is 4.79 Å². The SMILES string of the molecule is CCC(=O)CNCc1ccncc1. The lowest BCUT2D eigenvalue weighted by atomic mass is 10.2. The van der Waals surface area contributed by atoms with Gasteiger partial charge in [-0.25, -0.2) is 0 Å². The van der Waals surface area contributed by atoms with Gasteiger partial charge in [-0.2, -0.15) is 0 Å². The van der Waals surface area contributed by atoms with Crippen LogP contribution in [0.2, 0.25) is 0 Å². The number of hydrogen-bond donors (Lipinski definition) is 1. The summed E-state index contributed by atoms with van der Waals surface area (Å²) in [7, 11) is 0. The van der Waals surface area contributed by atoms with E-state index in [9.17, 15) is 4.79 Å². The number of Topliss-reactive ketones (excluding diaryl/α,β-unsaturated/α-hetero) is 1. The second-order valence-corrected chi connectivity index (χ2v) is 2.85. The summed E-state index contributed by atoms with van der Waals surface area (Å²) in [5, 5.41) is 3.08. The summed E-state index contributed by atoms with van der Waals surface area (Å²) in [6.45, 7) is 3.06. The van der Waals surface area contributed by atoms with Crippen molar-refractivity contribution >= 4 is 5.78 Å². The first kappa shape index (κ1) is 9.86. The van der Waals surface area contributed by atoms with E-state index in [-0.39, 0.29) is 5.78 Å². The fraction of sp³-hybridized carbons (Fsp3) is 0.400. The number of aromatic nitrogens is 1. The zero-order valence-electron chi connectivity index (χ0n) is 7.79. The van der Waals surface area contributed by atoms with Crippen LogP contribution in [0.3, 0.4) is 0 Å². The zero-order valence-corrected chi connectivity index (χ0v) is 7.79. The van der Waals surface area contributed by atoms with Crippen LogP contribution in [0.1, 0.15) is 18.9 Å². The van der Waals surface area contributed by atoms with Gasteiger partial charge in [0.1, 0.15) is 5.78 Å². The molecule has 0 aliphatic rings. The predicted molar refractivity (Wildman–Crippen MR) is 51.2 cm³/mol. The van der Waals surface area contributed by atoms with E-state index in [2.05, 4.69) is 10.3 Å². The molecule has 1 rings (SSSR count). The van der Waals surface area contributed by atoms with Crippen molar-refractivity contribution in [3.63, 3.8) is 0 Å². The Morgan fingerprint density at radius 3 is 2.77 bits per heavy atom. The van der Waals surface area contributed by atoms with E-state index < -0.39 is 0 Å². The third kappa shape index (κ3) is 3.80. The lowest BCUT2D eigenvalue weighted by Gasteiger charge is -2.02. The highest BCUT2D eigenvalue weighted by Gasteiger charge is 1.96. The van der Waals surface area contributed by atoms with Crippen LogP contribution in [0, 0.1) is 0 Å². The van der Waals surface area contributed by atoms with Crippen molar-refractivity contribution in [1.29, 1.82) is 0 Å². The molecular weight excluding hydrogens is 164 g/mol. The second-order valence-electron chi connectivity index (χ2n) is 2.85. The summed E-state index contributed by atoms with van der Waals surface area (Å²) in [6.07, 6.45) is 4.10. The van der Waals surface area contributed by atoms with Gasteiger partial charge in [-0.15, -0.1) is 0 Å². The maximum absolute atomic E-state index is 10.9. The van der Waals surface area contributed by atoms with E-state index >= 15 is 0 Å². The molecule has 0 aromatic carbocycles. The van der Waals surface area contributed by atoms with Gasteiger partial charge >= 0.3 is 0 Å². The fourth-order valence-electron chi connectivity index (χ4n) is 0.972. The van der Waals surface area contributed by atoms with Gasteiger partial charge in [-0.1, -0.05) is 6.92 Å². The van der Waals surface area contributed by atoms with E-state index in [0.29, 0.717) is 13.0 Å². The van der Waals surface area contributed by atoms with Crippen molar-refractivity contribution in [3.05, 3.63) is 30.1 Å². The predicted octanol–water partition coefficient (Wildman–Crippen LogP) is 1.15. The van der Waals surface area contributed by atoms with Crippen LogP contribution in [-0.2, 0) is 11.3 Å². The lowest BCUT2D eigenvalue weighted by molar-refractivity contribution is -0.117. The second kappa shape index (κ2) is 5.43. The Kier molecular flexibility index (Phi) is 4.12. The van der Waals surface area contributed by atoms with Gasteiger partial charge in [0, 0.05) is 25.4 Å². The molecule has 0 unspecified atom stereocenters. The molecule has 70 valence electrons. The standard InChI is InChI=1S/C10H14N2O/c1-2-10(13)8-12-7-9-3-5-11-6-4-9/h3-6,12H,2,7-8H2,1H3. The van der Waals surface area contributed by atoms with Gasteiger partial charge in [-0.3, -0.25) is 9.78 Å². The summed E-state index contributed by atoms with van der Waals surface area (Å²) in [6, 6.07) is 3.87. The van der Waals surface area contributed by atoms with Crippen LogP contribution in [0.5, 0.6) is 0 Å². The van der Waals surface area contributed by atoms with E-state index in [1.165, 1.54) is 0 Å². The molecule has 0 bridgehead atoms. The van der Waals surface area contributed by atoms with Crippen LogP contribution in [0.15, 0.2) is 24.5 Å². The molecule has 3 heteroatoms. The molecule has 0 saturated heterocycles. The molecule has 0 radical (unpaired) electrons. The Labute approximate surface area is 78.2 Å². The Morgan fingerprint density at radius 1 is 1.46 bits per heavy atom. The van der Waals surface area contributed by atoms with Crippen molar-refractivity contribution in [1.82, 2.24) is 10.3 Å². The molecule has 0 aliphatic carbocycles. The van der Waals surface area contributed by atoms with Crippen LogP contribution < -0.4 is 5.32 Å². The lowest BCUT2D eigenvalue weighted by Crippen LogP contribution is -2.21. The first-order valence-electron chi connectivity index (χ1n) is 4.44. The van der Waals surface area contributed by atoms with E-state index in [1.54, 1.807) is 12.4 Å². The highest BCUT2D eigenvalue weighted by molar-refractivity contribution is 5.80. The van der Waals surface area contributed by atoms with Gasteiger partial charge in [0.05, 0.1) is 6.54 Å². The summed E-state index contributed by atoms with van der Waals surface area (Å²) >= 11 is 0. The number of hydrogen-bond acceptors (Lipinski definition) is 3.